The van der Waals surface area contributed by atoms with Crippen LogP contribution >= 0.6 is 0 Å². The summed E-state index contributed by atoms with van der Waals surface area (Å²) in [5.41, 5.74) is 5.51. The molecule has 0 spiro atoms. The van der Waals surface area contributed by atoms with Gasteiger partial charge in [0.25, 0.3) is 0 Å². The molecule has 0 radical (unpaired) electrons. The van der Waals surface area contributed by atoms with E-state index in [1.54, 1.807) is 6.08 Å². The number of rotatable bonds is 3. The maximum Gasteiger partial charge on any atom is 0.226 e. The molecule has 12 heavy (non-hydrogen) atoms. The first-order chi connectivity index (χ1) is 5.77. The summed E-state index contributed by atoms with van der Waals surface area (Å²) >= 11 is 0. The van der Waals surface area contributed by atoms with Crippen LogP contribution in [0.15, 0.2) is 12.7 Å². The van der Waals surface area contributed by atoms with E-state index < -0.39 is 0 Å². The molecule has 3 heteroatoms. The van der Waals surface area contributed by atoms with Crippen molar-refractivity contribution in [2.24, 2.45) is 11.7 Å². The summed E-state index contributed by atoms with van der Waals surface area (Å²) in [7, 11) is 0. The molecule has 1 rings (SSSR count). The van der Waals surface area contributed by atoms with Gasteiger partial charge in [-0.15, -0.1) is 6.58 Å². The van der Waals surface area contributed by atoms with Gasteiger partial charge in [-0.2, -0.15) is 0 Å². The van der Waals surface area contributed by atoms with Gasteiger partial charge >= 0.3 is 0 Å². The van der Waals surface area contributed by atoms with E-state index in [9.17, 15) is 4.79 Å². The van der Waals surface area contributed by atoms with Crippen LogP contribution in [0.5, 0.6) is 0 Å². The lowest BCUT2D eigenvalue weighted by Crippen LogP contribution is -2.29. The topological polar surface area (TPSA) is 46.3 Å². The highest BCUT2D eigenvalue weighted by Crippen LogP contribution is 2.15. The number of hydrogen-bond acceptors (Lipinski definition) is 2. The number of carbonyl (C=O) groups excluding carboxylic acids is 1. The molecule has 0 saturated carbocycles. The Balaban J connectivity index is 2.35. The minimum absolute atomic E-state index is 0.181. The average Bonchev–Trinajstić information content (AvgIpc) is 2.52. The van der Waals surface area contributed by atoms with E-state index in [-0.39, 0.29) is 5.91 Å². The largest absolute Gasteiger partial charge is 0.342 e. The van der Waals surface area contributed by atoms with Gasteiger partial charge in [0.05, 0.1) is 0 Å². The Morgan fingerprint density at radius 2 is 2.50 bits per heavy atom. The third kappa shape index (κ3) is 2.08. The number of nitrogens with zero attached hydrogens (tertiary/aromatic N) is 1. The second-order valence-corrected chi connectivity index (χ2v) is 3.22. The lowest BCUT2D eigenvalue weighted by molar-refractivity contribution is -0.129. The molecule has 0 bridgehead atoms. The Labute approximate surface area is 73.2 Å². The Hall–Kier alpha value is -0.830. The fraction of sp³-hybridized carbons (Fsp3) is 0.667. The number of carbonyl (C=O) groups is 1. The molecule has 1 aliphatic rings. The van der Waals surface area contributed by atoms with Crippen LogP contribution in [0.3, 0.4) is 0 Å². The monoisotopic (exact) mass is 168 g/mol. The zero-order chi connectivity index (χ0) is 8.97. The van der Waals surface area contributed by atoms with Crippen LogP contribution in [-0.2, 0) is 4.79 Å². The SMILES string of the molecule is C=CCC(=O)N1CCC(CN)C1. The lowest BCUT2D eigenvalue weighted by Gasteiger charge is -2.14. The minimum Gasteiger partial charge on any atom is -0.342 e. The van der Waals surface area contributed by atoms with Crippen LogP contribution in [0.2, 0.25) is 0 Å². The quantitative estimate of drug-likeness (QED) is 0.619. The summed E-state index contributed by atoms with van der Waals surface area (Å²) < 4.78 is 0. The van der Waals surface area contributed by atoms with Gasteiger partial charge in [-0.05, 0) is 18.9 Å². The molecule has 1 saturated heterocycles. The molecule has 1 atom stereocenters. The first-order valence-electron chi connectivity index (χ1n) is 4.36. The van der Waals surface area contributed by atoms with Crippen molar-refractivity contribution in [3.8, 4) is 0 Å². The normalized spacial score (nSPS) is 22.8. The van der Waals surface area contributed by atoms with Crippen LogP contribution in [-0.4, -0.2) is 30.4 Å². The van der Waals surface area contributed by atoms with Crippen molar-refractivity contribution in [3.05, 3.63) is 12.7 Å². The fourth-order valence-electron chi connectivity index (χ4n) is 1.50. The molecule has 1 aliphatic heterocycles. The standard InChI is InChI=1S/C9H16N2O/c1-2-3-9(12)11-5-4-8(6-10)7-11/h2,8H,1,3-7,10H2. The highest BCUT2D eigenvalue weighted by Gasteiger charge is 2.23. The van der Waals surface area contributed by atoms with Crippen molar-refractivity contribution < 1.29 is 4.79 Å². The Bertz CT molecular complexity index is 179. The Morgan fingerprint density at radius 3 is 3.00 bits per heavy atom. The van der Waals surface area contributed by atoms with Crippen molar-refractivity contribution in [3.63, 3.8) is 0 Å². The molecule has 68 valence electrons. The van der Waals surface area contributed by atoms with Crippen molar-refractivity contribution in [2.75, 3.05) is 19.6 Å². The van der Waals surface area contributed by atoms with E-state index in [4.69, 9.17) is 5.73 Å². The summed E-state index contributed by atoms with van der Waals surface area (Å²) in [4.78, 5) is 13.2. The van der Waals surface area contributed by atoms with E-state index in [2.05, 4.69) is 6.58 Å². The first-order valence-corrected chi connectivity index (χ1v) is 4.36. The molecule has 0 aromatic carbocycles. The highest BCUT2D eigenvalue weighted by atomic mass is 16.2. The summed E-state index contributed by atoms with van der Waals surface area (Å²) in [5.74, 6) is 0.694. The second-order valence-electron chi connectivity index (χ2n) is 3.22. The van der Waals surface area contributed by atoms with E-state index in [1.807, 2.05) is 4.90 Å². The zero-order valence-electron chi connectivity index (χ0n) is 7.33. The second kappa shape index (κ2) is 4.26. The minimum atomic E-state index is 0.181. The Morgan fingerprint density at radius 1 is 1.75 bits per heavy atom. The van der Waals surface area contributed by atoms with Crippen molar-refractivity contribution in [2.45, 2.75) is 12.8 Å². The third-order valence-electron chi connectivity index (χ3n) is 2.29. The van der Waals surface area contributed by atoms with Crippen LogP contribution < -0.4 is 5.73 Å². The van der Waals surface area contributed by atoms with E-state index in [0.717, 1.165) is 19.5 Å². The van der Waals surface area contributed by atoms with Gasteiger partial charge in [-0.25, -0.2) is 0 Å². The number of hydrogen-bond donors (Lipinski definition) is 1. The molecule has 0 aliphatic carbocycles. The van der Waals surface area contributed by atoms with Crippen LogP contribution in [0.25, 0.3) is 0 Å². The van der Waals surface area contributed by atoms with Crippen LogP contribution in [0.1, 0.15) is 12.8 Å². The third-order valence-corrected chi connectivity index (χ3v) is 2.29. The molecular weight excluding hydrogens is 152 g/mol. The molecule has 1 heterocycles. The number of likely N-dealkylation sites (tertiary alicyclic amines) is 1. The molecule has 1 fully saturated rings. The van der Waals surface area contributed by atoms with Gasteiger partial charge in [0.15, 0.2) is 0 Å². The first kappa shape index (κ1) is 9.26. The summed E-state index contributed by atoms with van der Waals surface area (Å²) in [6, 6.07) is 0. The Kier molecular flexibility index (Phi) is 3.29. The number of nitrogens with two attached hydrogens (primary N) is 1. The lowest BCUT2D eigenvalue weighted by atomic mass is 10.1. The predicted octanol–water partition coefficient (Wildman–Crippen LogP) is 0.370. The van der Waals surface area contributed by atoms with Gasteiger partial charge in [-0.3, -0.25) is 4.79 Å². The van der Waals surface area contributed by atoms with Gasteiger partial charge in [-0.1, -0.05) is 6.08 Å². The maximum atomic E-state index is 11.3. The van der Waals surface area contributed by atoms with Crippen LogP contribution in [0.4, 0.5) is 0 Å². The van der Waals surface area contributed by atoms with Crippen molar-refractivity contribution >= 4 is 5.91 Å². The molecule has 3 nitrogen and oxygen atoms in total. The molecule has 1 unspecified atom stereocenters. The molecule has 0 aromatic heterocycles. The van der Waals surface area contributed by atoms with Gasteiger partial charge in [0.2, 0.25) is 5.91 Å². The van der Waals surface area contributed by atoms with E-state index in [0.29, 0.717) is 18.9 Å². The maximum absolute atomic E-state index is 11.3. The molecule has 0 aromatic rings. The summed E-state index contributed by atoms with van der Waals surface area (Å²) in [6.45, 7) is 5.94. The average molecular weight is 168 g/mol. The van der Waals surface area contributed by atoms with Gasteiger partial charge in [0.1, 0.15) is 0 Å². The van der Waals surface area contributed by atoms with E-state index >= 15 is 0 Å². The molecular formula is C9H16N2O. The van der Waals surface area contributed by atoms with Gasteiger partial charge in [0, 0.05) is 19.5 Å². The fourth-order valence-corrected chi connectivity index (χ4v) is 1.50. The van der Waals surface area contributed by atoms with Crippen molar-refractivity contribution in [1.29, 1.82) is 0 Å². The summed E-state index contributed by atoms with van der Waals surface area (Å²) in [6.07, 6.45) is 3.16. The van der Waals surface area contributed by atoms with Crippen LogP contribution in [0, 0.1) is 5.92 Å². The molecule has 1 amide bonds. The van der Waals surface area contributed by atoms with E-state index in [1.165, 1.54) is 0 Å². The van der Waals surface area contributed by atoms with Crippen molar-refractivity contribution in [1.82, 2.24) is 4.90 Å². The predicted molar refractivity (Wildman–Crippen MR) is 48.6 cm³/mol. The smallest absolute Gasteiger partial charge is 0.226 e. The molecule has 2 N–H and O–H groups in total. The zero-order valence-corrected chi connectivity index (χ0v) is 7.33. The highest BCUT2D eigenvalue weighted by molar-refractivity contribution is 5.77. The van der Waals surface area contributed by atoms with Gasteiger partial charge < -0.3 is 10.6 Å². The summed E-state index contributed by atoms with van der Waals surface area (Å²) in [5, 5.41) is 0. The number of amides is 1.